The van der Waals surface area contributed by atoms with Crippen molar-refractivity contribution in [1.82, 2.24) is 20.2 Å². The fourth-order valence-electron chi connectivity index (χ4n) is 2.73. The summed E-state index contributed by atoms with van der Waals surface area (Å²) >= 11 is 0. The highest BCUT2D eigenvalue weighted by Crippen LogP contribution is 2.17. The Balaban J connectivity index is 1.89. The second-order valence-corrected chi connectivity index (χ2v) is 5.83. The van der Waals surface area contributed by atoms with Crippen LogP contribution in [0.1, 0.15) is 43.6 Å². The van der Waals surface area contributed by atoms with E-state index in [4.69, 9.17) is 0 Å². The van der Waals surface area contributed by atoms with E-state index < -0.39 is 0 Å². The molecule has 1 aromatic rings. The third-order valence-corrected chi connectivity index (χ3v) is 3.69. The van der Waals surface area contributed by atoms with Crippen molar-refractivity contribution in [2.45, 2.75) is 39.2 Å². The predicted octanol–water partition coefficient (Wildman–Crippen LogP) is 1.72. The summed E-state index contributed by atoms with van der Waals surface area (Å²) in [5.74, 6) is 0.500. The fraction of sp³-hybridized carbons (Fsp3) is 0.667. The molecule has 0 spiro atoms. The maximum Gasteiger partial charge on any atom is 0.271 e. The van der Waals surface area contributed by atoms with Gasteiger partial charge in [-0.05, 0) is 38.3 Å². The molecule has 1 atom stereocenters. The van der Waals surface area contributed by atoms with Gasteiger partial charge in [0.15, 0.2) is 0 Å². The van der Waals surface area contributed by atoms with Gasteiger partial charge in [0.1, 0.15) is 5.69 Å². The Hall–Kier alpha value is -1.49. The van der Waals surface area contributed by atoms with Gasteiger partial charge in [0.05, 0.1) is 6.20 Å². The van der Waals surface area contributed by atoms with Gasteiger partial charge in [0.2, 0.25) is 0 Å². The number of nitrogens with zero attached hydrogens (tertiary/aromatic N) is 3. The first kappa shape index (κ1) is 14.9. The molecule has 0 radical (unpaired) electrons. The number of hydrogen-bond donors (Lipinski definition) is 1. The lowest BCUT2D eigenvalue weighted by Gasteiger charge is -2.29. The van der Waals surface area contributed by atoms with Crippen LogP contribution in [-0.4, -0.2) is 46.5 Å². The quantitative estimate of drug-likeness (QED) is 0.859. The lowest BCUT2D eigenvalue weighted by atomic mass is 10.0. The third-order valence-electron chi connectivity index (χ3n) is 3.69. The molecule has 2 heterocycles. The molecule has 5 nitrogen and oxygen atoms in total. The van der Waals surface area contributed by atoms with Crippen molar-refractivity contribution in [3.63, 3.8) is 0 Å². The summed E-state index contributed by atoms with van der Waals surface area (Å²) in [6.07, 6.45) is 8.27. The van der Waals surface area contributed by atoms with Crippen LogP contribution in [0.2, 0.25) is 0 Å². The molecule has 1 fully saturated rings. The standard InChI is InChI=1S/C15H24N4O/c1-12(2)9-13(19-7-3-4-8-19)10-18-15(20)14-11-16-5-6-17-14/h5-6,11-13H,3-4,7-10H2,1-2H3,(H,18,20)/t13-/m1/s1. The molecule has 2 rings (SSSR count). The SMILES string of the molecule is CC(C)C[C@H](CNC(=O)c1cnccn1)N1CCCC1. The number of carbonyl (C=O) groups is 1. The number of amides is 1. The second kappa shape index (κ2) is 7.33. The van der Waals surface area contributed by atoms with E-state index in [1.54, 1.807) is 12.4 Å². The molecule has 1 saturated heterocycles. The van der Waals surface area contributed by atoms with Crippen LogP contribution in [-0.2, 0) is 0 Å². The molecule has 1 aromatic heterocycles. The van der Waals surface area contributed by atoms with Crippen LogP contribution in [0.3, 0.4) is 0 Å². The number of hydrogen-bond acceptors (Lipinski definition) is 4. The molecule has 1 aliphatic rings. The molecule has 1 aliphatic heterocycles. The molecule has 5 heteroatoms. The van der Waals surface area contributed by atoms with Crippen molar-refractivity contribution in [1.29, 1.82) is 0 Å². The zero-order valence-electron chi connectivity index (χ0n) is 12.4. The van der Waals surface area contributed by atoms with Crippen LogP contribution in [0.4, 0.5) is 0 Å². The first-order chi connectivity index (χ1) is 9.66. The molecule has 0 aromatic carbocycles. The number of aromatic nitrogens is 2. The normalized spacial score (nSPS) is 17.4. The molecule has 0 saturated carbocycles. The highest BCUT2D eigenvalue weighted by molar-refractivity contribution is 5.91. The lowest BCUT2D eigenvalue weighted by Crippen LogP contribution is -2.43. The second-order valence-electron chi connectivity index (χ2n) is 5.83. The summed E-state index contributed by atoms with van der Waals surface area (Å²) in [7, 11) is 0. The summed E-state index contributed by atoms with van der Waals surface area (Å²) in [6, 6.07) is 0.429. The summed E-state index contributed by atoms with van der Waals surface area (Å²) in [5.41, 5.74) is 0.386. The minimum Gasteiger partial charge on any atom is -0.349 e. The minimum atomic E-state index is -0.133. The van der Waals surface area contributed by atoms with Crippen LogP contribution in [0.15, 0.2) is 18.6 Å². The van der Waals surface area contributed by atoms with E-state index in [-0.39, 0.29) is 5.91 Å². The Morgan fingerprint density at radius 1 is 1.35 bits per heavy atom. The van der Waals surface area contributed by atoms with Gasteiger partial charge in [-0.25, -0.2) is 4.98 Å². The fourth-order valence-corrected chi connectivity index (χ4v) is 2.73. The number of likely N-dealkylation sites (tertiary alicyclic amines) is 1. The average molecular weight is 276 g/mol. The summed E-state index contributed by atoms with van der Waals surface area (Å²) < 4.78 is 0. The third kappa shape index (κ3) is 4.27. The highest BCUT2D eigenvalue weighted by atomic mass is 16.1. The van der Waals surface area contributed by atoms with Crippen molar-refractivity contribution < 1.29 is 4.79 Å². The zero-order valence-corrected chi connectivity index (χ0v) is 12.4. The lowest BCUT2D eigenvalue weighted by molar-refractivity contribution is 0.0927. The van der Waals surface area contributed by atoms with E-state index in [2.05, 4.69) is 34.0 Å². The van der Waals surface area contributed by atoms with Crippen LogP contribution in [0.25, 0.3) is 0 Å². The molecule has 0 bridgehead atoms. The Morgan fingerprint density at radius 3 is 2.70 bits per heavy atom. The van der Waals surface area contributed by atoms with Crippen molar-refractivity contribution in [3.05, 3.63) is 24.3 Å². The van der Waals surface area contributed by atoms with Gasteiger partial charge in [-0.1, -0.05) is 13.8 Å². The summed E-state index contributed by atoms with van der Waals surface area (Å²) in [4.78, 5) is 22.5. The smallest absolute Gasteiger partial charge is 0.271 e. The maximum absolute atomic E-state index is 12.0. The Morgan fingerprint density at radius 2 is 2.10 bits per heavy atom. The van der Waals surface area contributed by atoms with E-state index in [1.807, 2.05) is 0 Å². The van der Waals surface area contributed by atoms with Gasteiger partial charge in [-0.15, -0.1) is 0 Å². The van der Waals surface area contributed by atoms with Gasteiger partial charge >= 0.3 is 0 Å². The van der Waals surface area contributed by atoms with Gasteiger partial charge in [-0.2, -0.15) is 0 Å². The summed E-state index contributed by atoms with van der Waals surface area (Å²) in [6.45, 7) is 7.45. The van der Waals surface area contributed by atoms with Crippen LogP contribution >= 0.6 is 0 Å². The van der Waals surface area contributed by atoms with Crippen molar-refractivity contribution in [3.8, 4) is 0 Å². The molecule has 1 amide bonds. The van der Waals surface area contributed by atoms with E-state index >= 15 is 0 Å². The zero-order chi connectivity index (χ0) is 14.4. The maximum atomic E-state index is 12.0. The topological polar surface area (TPSA) is 58.1 Å². The van der Waals surface area contributed by atoms with Crippen LogP contribution in [0.5, 0.6) is 0 Å². The van der Waals surface area contributed by atoms with Crippen molar-refractivity contribution in [2.24, 2.45) is 5.92 Å². The van der Waals surface area contributed by atoms with Crippen LogP contribution in [0, 0.1) is 5.92 Å². The number of carbonyl (C=O) groups excluding carboxylic acids is 1. The molecule has 110 valence electrons. The number of nitrogens with one attached hydrogen (secondary N) is 1. The molecular weight excluding hydrogens is 252 g/mol. The minimum absolute atomic E-state index is 0.133. The predicted molar refractivity (Wildman–Crippen MR) is 78.4 cm³/mol. The number of rotatable bonds is 6. The first-order valence-corrected chi connectivity index (χ1v) is 7.45. The average Bonchev–Trinajstić information content (AvgIpc) is 2.97. The molecule has 0 unspecified atom stereocenters. The van der Waals surface area contributed by atoms with Gasteiger partial charge in [0.25, 0.3) is 5.91 Å². The van der Waals surface area contributed by atoms with Crippen LogP contribution < -0.4 is 5.32 Å². The summed E-state index contributed by atoms with van der Waals surface area (Å²) in [5, 5.41) is 3.00. The monoisotopic (exact) mass is 276 g/mol. The molecule has 20 heavy (non-hydrogen) atoms. The molecule has 1 N–H and O–H groups in total. The van der Waals surface area contributed by atoms with E-state index in [1.165, 1.54) is 19.0 Å². The van der Waals surface area contributed by atoms with Gasteiger partial charge < -0.3 is 5.32 Å². The van der Waals surface area contributed by atoms with Gasteiger partial charge in [0, 0.05) is 25.0 Å². The molecule has 0 aliphatic carbocycles. The molecular formula is C15H24N4O. The Kier molecular flexibility index (Phi) is 5.47. The Labute approximate surface area is 120 Å². The van der Waals surface area contributed by atoms with E-state index in [0.717, 1.165) is 19.5 Å². The van der Waals surface area contributed by atoms with E-state index in [9.17, 15) is 4.79 Å². The Bertz CT molecular complexity index is 415. The van der Waals surface area contributed by atoms with Crippen molar-refractivity contribution >= 4 is 5.91 Å². The first-order valence-electron chi connectivity index (χ1n) is 7.45. The van der Waals surface area contributed by atoms with Crippen molar-refractivity contribution in [2.75, 3.05) is 19.6 Å². The van der Waals surface area contributed by atoms with Gasteiger partial charge in [-0.3, -0.25) is 14.7 Å². The highest BCUT2D eigenvalue weighted by Gasteiger charge is 2.23. The van der Waals surface area contributed by atoms with E-state index in [0.29, 0.717) is 24.2 Å². The largest absolute Gasteiger partial charge is 0.349 e.